The second kappa shape index (κ2) is 26.6. The van der Waals surface area contributed by atoms with E-state index in [1.165, 1.54) is 0 Å². The molecule has 9 aliphatic rings. The van der Waals surface area contributed by atoms with E-state index in [-0.39, 0.29) is 41.1 Å². The summed E-state index contributed by atoms with van der Waals surface area (Å²) in [4.78, 5) is 0. The highest BCUT2D eigenvalue weighted by Crippen LogP contribution is 2.76. The van der Waals surface area contributed by atoms with Gasteiger partial charge in [0.15, 0.2) is 31.5 Å². The summed E-state index contributed by atoms with van der Waals surface area (Å²) in [6.45, 7) is 14.1. The molecule has 0 aromatic rings. The molecule has 0 amide bonds. The first-order valence-corrected chi connectivity index (χ1v) is 30.8. The van der Waals surface area contributed by atoms with Crippen LogP contribution in [0.5, 0.6) is 0 Å². The summed E-state index contributed by atoms with van der Waals surface area (Å²) in [5.41, 5.74) is -1.79. The minimum atomic E-state index is -1.84. The molecule has 4 saturated carbocycles. The lowest BCUT2D eigenvalue weighted by atomic mass is 9.35. The molecule has 5 aliphatic heterocycles. The number of aliphatic hydroxyl groups is 17. The third kappa shape index (κ3) is 12.4. The Labute approximate surface area is 501 Å². The van der Waals surface area contributed by atoms with Crippen molar-refractivity contribution in [2.24, 2.45) is 45.3 Å². The van der Waals surface area contributed by atoms with Crippen molar-refractivity contribution in [1.29, 1.82) is 0 Å². The second-order valence-electron chi connectivity index (χ2n) is 28.1. The lowest BCUT2D eigenvalue weighted by molar-refractivity contribution is -0.378. The van der Waals surface area contributed by atoms with Crippen molar-refractivity contribution >= 4 is 0 Å². The molecule has 0 unspecified atom stereocenters. The summed E-state index contributed by atoms with van der Waals surface area (Å²) in [5, 5.41) is 185. The van der Waals surface area contributed by atoms with Crippen LogP contribution in [0.15, 0.2) is 11.6 Å². The van der Waals surface area contributed by atoms with E-state index in [0.29, 0.717) is 38.5 Å². The average Bonchev–Trinajstić information content (AvgIpc) is 1.22. The fraction of sp³-hybridized carbons (Fsp3) is 0.966. The Morgan fingerprint density at radius 1 is 0.512 bits per heavy atom. The Kier molecular flexibility index (Phi) is 21.3. The molecule has 0 radical (unpaired) electrons. The van der Waals surface area contributed by atoms with Crippen LogP contribution in [0.1, 0.15) is 113 Å². The van der Waals surface area contributed by atoms with Gasteiger partial charge in [-0.05, 0) is 124 Å². The summed E-state index contributed by atoms with van der Waals surface area (Å²) in [6.07, 6.45) is -32.7. The van der Waals surface area contributed by atoms with Crippen LogP contribution in [0.2, 0.25) is 0 Å². The number of rotatable bonds is 18. The minimum Gasteiger partial charge on any atom is -0.394 e. The van der Waals surface area contributed by atoms with Crippen LogP contribution >= 0.6 is 0 Å². The van der Waals surface area contributed by atoms with E-state index in [4.69, 9.17) is 47.4 Å². The van der Waals surface area contributed by atoms with Crippen molar-refractivity contribution < 1.29 is 134 Å². The predicted molar refractivity (Wildman–Crippen MR) is 293 cm³/mol. The topological polar surface area (TPSA) is 436 Å². The maximum absolute atomic E-state index is 12.9. The van der Waals surface area contributed by atoms with Gasteiger partial charge >= 0.3 is 0 Å². The zero-order valence-electron chi connectivity index (χ0n) is 50.5. The molecule has 4 aliphatic carbocycles. The normalized spacial score (nSPS) is 52.9. The molecule has 86 heavy (non-hydrogen) atoms. The molecule has 5 saturated heterocycles. The summed E-state index contributed by atoms with van der Waals surface area (Å²) >= 11 is 0. The number of allylic oxidation sites excluding steroid dienone is 2. The van der Waals surface area contributed by atoms with Crippen LogP contribution in [0.3, 0.4) is 0 Å². The third-order valence-corrected chi connectivity index (χ3v) is 22.6. The Hall–Kier alpha value is -1.34. The maximum Gasteiger partial charge on any atom is 0.187 e. The van der Waals surface area contributed by atoms with E-state index in [1.54, 1.807) is 0 Å². The number of ether oxygens (including phenoxy) is 10. The van der Waals surface area contributed by atoms with Gasteiger partial charge in [0.1, 0.15) is 116 Å². The van der Waals surface area contributed by atoms with Crippen molar-refractivity contribution in [2.75, 3.05) is 33.0 Å². The van der Waals surface area contributed by atoms with Gasteiger partial charge in [0, 0.05) is 0 Å². The molecule has 27 heteroatoms. The van der Waals surface area contributed by atoms with E-state index in [0.717, 1.165) is 24.8 Å². The van der Waals surface area contributed by atoms with Gasteiger partial charge in [-0.15, -0.1) is 0 Å². The molecule has 0 aromatic carbocycles. The quantitative estimate of drug-likeness (QED) is 0.0463. The van der Waals surface area contributed by atoms with Crippen molar-refractivity contribution in [1.82, 2.24) is 0 Å². The van der Waals surface area contributed by atoms with Gasteiger partial charge in [-0.2, -0.15) is 0 Å². The monoisotopic (exact) mass is 1240 g/mol. The van der Waals surface area contributed by atoms with Gasteiger partial charge in [-0.25, -0.2) is 0 Å². The molecule has 498 valence electrons. The van der Waals surface area contributed by atoms with E-state index in [2.05, 4.69) is 40.7 Å². The van der Waals surface area contributed by atoms with E-state index in [9.17, 15) is 86.8 Å². The van der Waals surface area contributed by atoms with Crippen LogP contribution in [0.25, 0.3) is 0 Å². The molecule has 34 atom stereocenters. The first-order valence-electron chi connectivity index (χ1n) is 30.8. The molecule has 27 nitrogen and oxygen atoms in total. The average molecular weight is 1240 g/mol. The lowest BCUT2D eigenvalue weighted by Crippen LogP contribution is -2.68. The van der Waals surface area contributed by atoms with Gasteiger partial charge < -0.3 is 134 Å². The SMILES string of the molecule is CC(C)=CCC[C@](C)(O[C@H]1O[C@H](CO[C@H]2O[C@H](CO[C@H]3OC[C@@H](O)[C@H](O)[C@H]3O)[C@@H](O)[C@H](O)[C@H]2O)[C@@H](O)[C@H](O)[C@H]1O)[C@H]1CC[C@]2(C)[C@@H]1[C@H](O)C[C@@H]1[C@@]3(C)CC[C@H](O[C@H]4O[C@H](CO)[C@@H](O)[C@H](O)[C@H]4O[C@H]4O[C@H](CO)[C@@H](O)[C@H](O)[C@H]4O)C(C)(C)[C@H]3CC[C@]12C. The number of hydrogen-bond acceptors (Lipinski definition) is 27. The summed E-state index contributed by atoms with van der Waals surface area (Å²) < 4.78 is 60.3. The van der Waals surface area contributed by atoms with Gasteiger partial charge in [-0.3, -0.25) is 0 Å². The molecule has 5 heterocycles. The first kappa shape index (κ1) is 69.0. The van der Waals surface area contributed by atoms with Crippen molar-refractivity contribution in [2.45, 2.75) is 278 Å². The van der Waals surface area contributed by atoms with Gasteiger partial charge in [-0.1, -0.05) is 46.3 Å². The highest BCUT2D eigenvalue weighted by molar-refractivity contribution is 5.21. The second-order valence-corrected chi connectivity index (χ2v) is 28.1. The Morgan fingerprint density at radius 2 is 1.02 bits per heavy atom. The highest BCUT2D eigenvalue weighted by atomic mass is 16.8. The standard InChI is InChI=1S/C59H100O27/c1-24(2)10-9-14-59(8,86-53-48(76)43(71)40(68)31(83-53)23-79-51-46(74)42(70)39(67)30(82-51)22-78-50-45(73)36(64)27(63)21-77-50)25-11-16-58(7)35(25)26(62)18-33-56(5)15-13-34(55(3,4)32(56)12-17-57(33,58)6)84-54-49(44(72)38(66)29(20-61)81-54)85-52-47(75)41(69)37(65)28(19-60)80-52/h10,25-54,60-76H,9,11-23H2,1-8H3/t25-,26+,27+,28+,29+,30+,31+,32+,33+,34-,35-,36-,37+,38+,39+,40+,41-,42-,43-,44-,45+,46+,47+,48+,49+,50+,51-,52+,53+,54+,56-,57+,58+,59-/m0/s1. The van der Waals surface area contributed by atoms with E-state index in [1.807, 2.05) is 20.8 Å². The van der Waals surface area contributed by atoms with Crippen LogP contribution in [-0.4, -0.2) is 285 Å². The Bertz CT molecular complexity index is 2260. The Morgan fingerprint density at radius 3 is 1.63 bits per heavy atom. The highest BCUT2D eigenvalue weighted by Gasteiger charge is 2.72. The minimum absolute atomic E-state index is 0.00770. The zero-order chi connectivity index (χ0) is 63.1. The fourth-order valence-electron chi connectivity index (χ4n) is 17.4. The number of aliphatic hydroxyl groups excluding tert-OH is 17. The van der Waals surface area contributed by atoms with Crippen LogP contribution in [0, 0.1) is 45.3 Å². The molecular formula is C59H100O27. The van der Waals surface area contributed by atoms with E-state index < -0.39 is 202 Å². The largest absolute Gasteiger partial charge is 0.394 e. The number of fused-ring (bicyclic) bond motifs is 5. The summed E-state index contributed by atoms with van der Waals surface area (Å²) in [5.74, 6) is -0.613. The predicted octanol–water partition coefficient (Wildman–Crippen LogP) is -3.74. The molecule has 0 aromatic heterocycles. The molecular weight excluding hydrogens is 1140 g/mol. The molecule has 17 N–H and O–H groups in total. The first-order chi connectivity index (χ1) is 40.3. The van der Waals surface area contributed by atoms with Crippen LogP contribution in [-0.2, 0) is 47.4 Å². The molecule has 0 bridgehead atoms. The van der Waals surface area contributed by atoms with Crippen molar-refractivity contribution in [3.63, 3.8) is 0 Å². The zero-order valence-corrected chi connectivity index (χ0v) is 50.5. The van der Waals surface area contributed by atoms with E-state index >= 15 is 0 Å². The molecule has 9 fully saturated rings. The molecule has 0 spiro atoms. The maximum atomic E-state index is 12.9. The van der Waals surface area contributed by atoms with Gasteiger partial charge in [0.2, 0.25) is 0 Å². The smallest absolute Gasteiger partial charge is 0.187 e. The third-order valence-electron chi connectivity index (χ3n) is 22.6. The Balaban J connectivity index is 0.902. The number of hydrogen-bond donors (Lipinski definition) is 17. The van der Waals surface area contributed by atoms with Crippen molar-refractivity contribution in [3.8, 4) is 0 Å². The fourth-order valence-corrected chi connectivity index (χ4v) is 17.4. The summed E-state index contributed by atoms with van der Waals surface area (Å²) in [6, 6.07) is 0. The van der Waals surface area contributed by atoms with Crippen LogP contribution < -0.4 is 0 Å². The molecule has 9 rings (SSSR count). The van der Waals surface area contributed by atoms with Gasteiger partial charge in [0.05, 0.1) is 50.8 Å². The van der Waals surface area contributed by atoms with Gasteiger partial charge in [0.25, 0.3) is 0 Å². The summed E-state index contributed by atoms with van der Waals surface area (Å²) in [7, 11) is 0. The van der Waals surface area contributed by atoms with Crippen LogP contribution in [0.4, 0.5) is 0 Å². The van der Waals surface area contributed by atoms with Crippen molar-refractivity contribution in [3.05, 3.63) is 11.6 Å². The lowest BCUT2D eigenvalue weighted by Gasteiger charge is -2.71.